The van der Waals surface area contributed by atoms with Gasteiger partial charge in [0.15, 0.2) is 5.58 Å². The smallest absolute Gasteiger partial charge is 0.336 e. The molecule has 1 aliphatic heterocycles. The number of hydrogen-bond acceptors (Lipinski definition) is 3. The van der Waals surface area contributed by atoms with Crippen LogP contribution in [0.3, 0.4) is 0 Å². The summed E-state index contributed by atoms with van der Waals surface area (Å²) in [5, 5.41) is 0.972. The number of quaternary nitrogens is 1. The molecule has 1 atom stereocenters. The van der Waals surface area contributed by atoms with Crippen molar-refractivity contribution < 1.29 is 14.1 Å². The Morgan fingerprint density at radius 1 is 1.04 bits per heavy atom. The van der Waals surface area contributed by atoms with Crippen molar-refractivity contribution in [3.05, 3.63) is 64.5 Å². The lowest BCUT2D eigenvalue weighted by molar-refractivity contribution is -0.943. The Morgan fingerprint density at radius 3 is 2.67 bits per heavy atom. The van der Waals surface area contributed by atoms with Crippen molar-refractivity contribution >= 4 is 11.0 Å². The maximum absolute atomic E-state index is 12.2. The van der Waals surface area contributed by atoms with Crippen LogP contribution in [0, 0.1) is 0 Å². The Balaban J connectivity index is 1.73. The van der Waals surface area contributed by atoms with Crippen LogP contribution in [0.25, 0.3) is 22.1 Å². The van der Waals surface area contributed by atoms with E-state index in [4.69, 9.17) is 9.15 Å². The summed E-state index contributed by atoms with van der Waals surface area (Å²) in [6.45, 7) is 1.56. The van der Waals surface area contributed by atoms with Gasteiger partial charge in [0, 0.05) is 24.3 Å². The third-order valence-corrected chi connectivity index (χ3v) is 5.03. The van der Waals surface area contributed by atoms with Crippen LogP contribution in [0.4, 0.5) is 0 Å². The van der Waals surface area contributed by atoms with Crippen LogP contribution in [0.15, 0.2) is 57.7 Å². The first-order chi connectivity index (χ1) is 11.8. The third kappa shape index (κ3) is 2.22. The first kappa shape index (κ1) is 13.8. The van der Waals surface area contributed by atoms with Gasteiger partial charge in [-0.15, -0.1) is 0 Å². The fourth-order valence-electron chi connectivity index (χ4n) is 3.63. The van der Waals surface area contributed by atoms with Crippen molar-refractivity contribution in [1.82, 2.24) is 0 Å². The fraction of sp³-hybridized carbons (Fsp3) is 0.250. The summed E-state index contributed by atoms with van der Waals surface area (Å²) in [6.07, 6.45) is 2.52. The molecule has 5 rings (SSSR count). The van der Waals surface area contributed by atoms with E-state index in [1.807, 2.05) is 42.5 Å². The molecule has 1 fully saturated rings. The molecule has 1 aliphatic carbocycles. The van der Waals surface area contributed by atoms with Crippen molar-refractivity contribution in [3.63, 3.8) is 0 Å². The molecular weight excluding hydrogens is 302 g/mol. The van der Waals surface area contributed by atoms with Gasteiger partial charge in [-0.25, -0.2) is 4.79 Å². The molecule has 4 heteroatoms. The molecule has 2 heterocycles. The molecule has 1 aromatic heterocycles. The van der Waals surface area contributed by atoms with E-state index in [1.165, 1.54) is 17.7 Å². The van der Waals surface area contributed by atoms with Crippen molar-refractivity contribution in [1.29, 1.82) is 0 Å². The van der Waals surface area contributed by atoms with E-state index in [9.17, 15) is 4.79 Å². The van der Waals surface area contributed by atoms with Gasteiger partial charge in [-0.2, -0.15) is 0 Å². The average molecular weight is 320 g/mol. The zero-order chi connectivity index (χ0) is 16.1. The van der Waals surface area contributed by atoms with E-state index in [0.717, 1.165) is 34.4 Å². The van der Waals surface area contributed by atoms with Crippen molar-refractivity contribution in [2.75, 3.05) is 6.73 Å². The molecule has 24 heavy (non-hydrogen) atoms. The van der Waals surface area contributed by atoms with Crippen LogP contribution >= 0.6 is 0 Å². The van der Waals surface area contributed by atoms with Crippen LogP contribution in [0.1, 0.15) is 18.4 Å². The predicted octanol–water partition coefficient (Wildman–Crippen LogP) is 2.36. The average Bonchev–Trinajstić information content (AvgIpc) is 3.46. The largest absolute Gasteiger partial charge is 0.445 e. The highest BCUT2D eigenvalue weighted by atomic mass is 16.5. The first-order valence-corrected chi connectivity index (χ1v) is 8.42. The normalized spacial score (nSPS) is 19.8. The van der Waals surface area contributed by atoms with E-state index in [-0.39, 0.29) is 5.63 Å². The van der Waals surface area contributed by atoms with Gasteiger partial charge in [-0.05, 0) is 23.3 Å². The summed E-state index contributed by atoms with van der Waals surface area (Å²) >= 11 is 0. The molecule has 0 amide bonds. The molecule has 0 saturated heterocycles. The van der Waals surface area contributed by atoms with E-state index >= 15 is 0 Å². The van der Waals surface area contributed by atoms with Gasteiger partial charge < -0.3 is 9.15 Å². The second-order valence-corrected chi connectivity index (χ2v) is 6.66. The Bertz CT molecular complexity index is 973. The highest BCUT2D eigenvalue weighted by molar-refractivity contribution is 5.95. The second-order valence-electron chi connectivity index (χ2n) is 6.66. The molecule has 0 bridgehead atoms. The van der Waals surface area contributed by atoms with E-state index in [1.54, 1.807) is 6.07 Å². The van der Waals surface area contributed by atoms with Crippen molar-refractivity contribution in [3.8, 4) is 16.9 Å². The van der Waals surface area contributed by atoms with Crippen LogP contribution in [0.5, 0.6) is 5.75 Å². The molecular formula is C20H18NO3+. The van der Waals surface area contributed by atoms with Crippen molar-refractivity contribution in [2.24, 2.45) is 0 Å². The molecule has 2 aliphatic rings. The van der Waals surface area contributed by atoms with Gasteiger partial charge in [0.1, 0.15) is 12.3 Å². The van der Waals surface area contributed by atoms with E-state index < -0.39 is 0 Å². The minimum absolute atomic E-state index is 0.312. The minimum atomic E-state index is -0.312. The molecule has 1 unspecified atom stereocenters. The van der Waals surface area contributed by atoms with Crippen molar-refractivity contribution in [2.45, 2.75) is 25.4 Å². The van der Waals surface area contributed by atoms with Gasteiger partial charge >= 0.3 is 5.63 Å². The van der Waals surface area contributed by atoms with Crippen LogP contribution in [-0.2, 0) is 6.54 Å². The Kier molecular flexibility index (Phi) is 3.00. The van der Waals surface area contributed by atoms with E-state index in [0.29, 0.717) is 18.4 Å². The summed E-state index contributed by atoms with van der Waals surface area (Å²) in [5.41, 5.74) is 3.34. The zero-order valence-corrected chi connectivity index (χ0v) is 13.2. The zero-order valence-electron chi connectivity index (χ0n) is 13.2. The quantitative estimate of drug-likeness (QED) is 0.737. The molecule has 1 N–H and O–H groups in total. The molecule has 1 saturated carbocycles. The maximum Gasteiger partial charge on any atom is 0.336 e. The topological polar surface area (TPSA) is 43.9 Å². The highest BCUT2D eigenvalue weighted by Crippen LogP contribution is 2.34. The van der Waals surface area contributed by atoms with Gasteiger partial charge in [0.25, 0.3) is 0 Å². The van der Waals surface area contributed by atoms with Gasteiger partial charge in [-0.1, -0.05) is 30.3 Å². The summed E-state index contributed by atoms with van der Waals surface area (Å²) in [4.78, 5) is 13.6. The molecule has 120 valence electrons. The summed E-state index contributed by atoms with van der Waals surface area (Å²) in [7, 11) is 0. The molecule has 3 aromatic rings. The first-order valence-electron chi connectivity index (χ1n) is 8.42. The third-order valence-electron chi connectivity index (χ3n) is 5.03. The molecule has 0 spiro atoms. The lowest BCUT2D eigenvalue weighted by Gasteiger charge is -2.26. The van der Waals surface area contributed by atoms with Crippen LogP contribution in [-0.4, -0.2) is 12.8 Å². The molecule has 4 nitrogen and oxygen atoms in total. The number of ether oxygens (including phenoxy) is 1. The number of benzene rings is 2. The Labute approximate surface area is 139 Å². The maximum atomic E-state index is 12.2. The molecule has 2 aromatic carbocycles. The number of nitrogens with one attached hydrogen (secondary N) is 1. The van der Waals surface area contributed by atoms with E-state index in [2.05, 4.69) is 0 Å². The summed E-state index contributed by atoms with van der Waals surface area (Å²) < 4.78 is 11.6. The monoisotopic (exact) mass is 320 g/mol. The predicted molar refractivity (Wildman–Crippen MR) is 91.1 cm³/mol. The van der Waals surface area contributed by atoms with Crippen LogP contribution < -0.4 is 15.3 Å². The van der Waals surface area contributed by atoms with Gasteiger partial charge in [0.05, 0.1) is 11.6 Å². The second kappa shape index (κ2) is 5.21. The number of rotatable bonds is 2. The highest BCUT2D eigenvalue weighted by Gasteiger charge is 2.37. The standard InChI is InChI=1S/C20H17NO3/c22-19-10-16(13-4-2-1-3-5-13)15-8-9-18-17(20(15)24-19)11-21(12-23-18)14-6-7-14/h1-5,8-10,14H,6-7,11-12H2/p+1. The fourth-order valence-corrected chi connectivity index (χ4v) is 3.63. The lowest BCUT2D eigenvalue weighted by atomic mass is 9.99. The summed E-state index contributed by atoms with van der Waals surface area (Å²) in [6, 6.07) is 16.3. The lowest BCUT2D eigenvalue weighted by Crippen LogP contribution is -3.13. The van der Waals surface area contributed by atoms with Crippen LogP contribution in [0.2, 0.25) is 0 Å². The summed E-state index contributed by atoms with van der Waals surface area (Å²) in [5.74, 6) is 0.847. The SMILES string of the molecule is O=c1cc(-c2ccccc2)c2ccc3c(c2o1)C[NH+](C1CC1)CO3. The van der Waals surface area contributed by atoms with Gasteiger partial charge in [0.2, 0.25) is 6.73 Å². The number of fused-ring (bicyclic) bond motifs is 3. The minimum Gasteiger partial charge on any atom is -0.445 e. The van der Waals surface area contributed by atoms with Gasteiger partial charge in [-0.3, -0.25) is 4.90 Å². The number of hydrogen-bond donors (Lipinski definition) is 1. The Hall–Kier alpha value is -2.59. The Morgan fingerprint density at radius 2 is 1.88 bits per heavy atom. The molecule has 0 radical (unpaired) electrons.